The zero-order valence-corrected chi connectivity index (χ0v) is 13.2. The molecule has 2 aliphatic heterocycles. The molecule has 24 heavy (non-hydrogen) atoms. The maximum absolute atomic E-state index is 14.2. The van der Waals surface area contributed by atoms with Gasteiger partial charge in [-0.15, -0.1) is 0 Å². The van der Waals surface area contributed by atoms with Crippen LogP contribution >= 0.6 is 0 Å². The van der Waals surface area contributed by atoms with Crippen molar-refractivity contribution >= 4 is 23.5 Å². The molecular weight excluding hydrogens is 315 g/mol. The van der Waals surface area contributed by atoms with Gasteiger partial charge in [-0.1, -0.05) is 0 Å². The number of nitrogens with zero attached hydrogens (tertiary/aromatic N) is 2. The monoisotopic (exact) mass is 334 g/mol. The largest absolute Gasteiger partial charge is 0.480 e. The molecule has 0 bridgehead atoms. The number of hydrogen-bond donors (Lipinski definition) is 1. The van der Waals surface area contributed by atoms with Crippen LogP contribution < -0.4 is 4.90 Å². The Morgan fingerprint density at radius 3 is 2.62 bits per heavy atom. The second-order valence-corrected chi connectivity index (χ2v) is 6.16. The Labute approximate surface area is 138 Å². The van der Waals surface area contributed by atoms with E-state index in [1.165, 1.54) is 21.9 Å². The second kappa shape index (κ2) is 6.59. The number of piperidine rings is 1. The van der Waals surface area contributed by atoms with Crippen molar-refractivity contribution in [3.05, 3.63) is 29.6 Å². The lowest BCUT2D eigenvalue weighted by molar-refractivity contribution is -0.143. The highest BCUT2D eigenvalue weighted by Crippen LogP contribution is 2.26. The first-order valence-corrected chi connectivity index (χ1v) is 8.12. The van der Waals surface area contributed by atoms with Crippen LogP contribution in [0, 0.1) is 5.82 Å². The van der Waals surface area contributed by atoms with Gasteiger partial charge in [-0.3, -0.25) is 9.59 Å². The normalized spacial score (nSPS) is 21.2. The molecule has 2 aliphatic rings. The minimum Gasteiger partial charge on any atom is -0.480 e. The molecule has 0 aliphatic carbocycles. The summed E-state index contributed by atoms with van der Waals surface area (Å²) >= 11 is 0. The van der Waals surface area contributed by atoms with E-state index in [2.05, 4.69) is 0 Å². The first-order valence-electron chi connectivity index (χ1n) is 8.12. The summed E-state index contributed by atoms with van der Waals surface area (Å²) in [6.07, 6.45) is 2.96. The van der Waals surface area contributed by atoms with Crippen LogP contribution in [0.1, 0.15) is 42.5 Å². The molecule has 2 amide bonds. The number of carbonyl (C=O) groups is 3. The van der Waals surface area contributed by atoms with Crippen molar-refractivity contribution in [2.24, 2.45) is 0 Å². The molecule has 0 spiro atoms. The van der Waals surface area contributed by atoms with Crippen molar-refractivity contribution in [2.45, 2.75) is 38.1 Å². The van der Waals surface area contributed by atoms with E-state index in [0.29, 0.717) is 38.0 Å². The van der Waals surface area contributed by atoms with E-state index in [1.807, 2.05) is 0 Å². The van der Waals surface area contributed by atoms with Crippen molar-refractivity contribution in [1.82, 2.24) is 4.90 Å². The zero-order chi connectivity index (χ0) is 17.3. The fourth-order valence-electron chi connectivity index (χ4n) is 3.35. The van der Waals surface area contributed by atoms with Gasteiger partial charge >= 0.3 is 5.97 Å². The molecule has 128 valence electrons. The predicted octanol–water partition coefficient (Wildman–Crippen LogP) is 2.03. The number of amides is 2. The van der Waals surface area contributed by atoms with Gasteiger partial charge in [-0.2, -0.15) is 0 Å². The quantitative estimate of drug-likeness (QED) is 0.917. The molecule has 0 saturated carbocycles. The fraction of sp³-hybridized carbons (Fsp3) is 0.471. The minimum absolute atomic E-state index is 0.0543. The van der Waals surface area contributed by atoms with Crippen molar-refractivity contribution < 1.29 is 23.9 Å². The lowest BCUT2D eigenvalue weighted by Gasteiger charge is -2.33. The molecule has 1 aromatic rings. The maximum Gasteiger partial charge on any atom is 0.326 e. The van der Waals surface area contributed by atoms with Crippen molar-refractivity contribution in [3.63, 3.8) is 0 Å². The highest BCUT2D eigenvalue weighted by atomic mass is 19.1. The number of carboxylic acid groups (broad SMARTS) is 1. The third-order valence-corrected chi connectivity index (χ3v) is 4.61. The number of anilines is 1. The van der Waals surface area contributed by atoms with E-state index in [0.717, 1.165) is 18.9 Å². The summed E-state index contributed by atoms with van der Waals surface area (Å²) in [4.78, 5) is 38.7. The van der Waals surface area contributed by atoms with Gasteiger partial charge in [0, 0.05) is 25.2 Å². The average Bonchev–Trinajstić information content (AvgIpc) is 3.00. The summed E-state index contributed by atoms with van der Waals surface area (Å²) in [5.74, 6) is -2.46. The van der Waals surface area contributed by atoms with Gasteiger partial charge in [0.05, 0.1) is 5.56 Å². The Bertz CT molecular complexity index is 691. The molecule has 0 radical (unpaired) electrons. The first kappa shape index (κ1) is 16.4. The third-order valence-electron chi connectivity index (χ3n) is 4.61. The number of hydrogen-bond acceptors (Lipinski definition) is 3. The van der Waals surface area contributed by atoms with Gasteiger partial charge in [-0.05, 0) is 43.9 Å². The van der Waals surface area contributed by atoms with E-state index in [1.54, 1.807) is 0 Å². The molecule has 3 rings (SSSR count). The van der Waals surface area contributed by atoms with Crippen LogP contribution in [0.4, 0.5) is 10.1 Å². The number of halogens is 1. The highest BCUT2D eigenvalue weighted by Gasteiger charge is 2.34. The van der Waals surface area contributed by atoms with Crippen LogP contribution in [0.25, 0.3) is 0 Å². The Morgan fingerprint density at radius 2 is 1.96 bits per heavy atom. The summed E-state index contributed by atoms with van der Waals surface area (Å²) < 4.78 is 14.2. The number of carboxylic acids is 1. The van der Waals surface area contributed by atoms with Crippen LogP contribution in [0.15, 0.2) is 18.2 Å². The van der Waals surface area contributed by atoms with Crippen LogP contribution in [-0.4, -0.2) is 46.9 Å². The highest BCUT2D eigenvalue weighted by molar-refractivity contribution is 6.00. The number of rotatable bonds is 3. The Hall–Kier alpha value is -2.44. The lowest BCUT2D eigenvalue weighted by Crippen LogP contribution is -2.48. The fourth-order valence-corrected chi connectivity index (χ4v) is 3.35. The van der Waals surface area contributed by atoms with Crippen LogP contribution in [0.5, 0.6) is 0 Å². The van der Waals surface area contributed by atoms with Crippen molar-refractivity contribution in [1.29, 1.82) is 0 Å². The first-order chi connectivity index (χ1) is 11.5. The van der Waals surface area contributed by atoms with E-state index in [-0.39, 0.29) is 11.5 Å². The Morgan fingerprint density at radius 1 is 1.17 bits per heavy atom. The minimum atomic E-state index is -1.07. The number of aliphatic carboxylic acids is 1. The number of carbonyl (C=O) groups excluding carboxylic acids is 2. The van der Waals surface area contributed by atoms with Gasteiger partial charge in [0.15, 0.2) is 0 Å². The molecule has 1 aromatic carbocycles. The van der Waals surface area contributed by atoms with E-state index in [4.69, 9.17) is 0 Å². The van der Waals surface area contributed by atoms with Crippen molar-refractivity contribution in [3.8, 4) is 0 Å². The molecule has 0 unspecified atom stereocenters. The molecule has 2 fully saturated rings. The topological polar surface area (TPSA) is 77.9 Å². The van der Waals surface area contributed by atoms with Crippen LogP contribution in [0.3, 0.4) is 0 Å². The molecule has 1 atom stereocenters. The smallest absolute Gasteiger partial charge is 0.326 e. The number of benzene rings is 1. The number of likely N-dealkylation sites (tertiary alicyclic amines) is 1. The lowest BCUT2D eigenvalue weighted by atomic mass is 10.0. The maximum atomic E-state index is 14.2. The summed E-state index contributed by atoms with van der Waals surface area (Å²) in [6.45, 7) is 0.835. The van der Waals surface area contributed by atoms with E-state index >= 15 is 0 Å². The van der Waals surface area contributed by atoms with Crippen molar-refractivity contribution in [2.75, 3.05) is 18.0 Å². The van der Waals surface area contributed by atoms with Gasteiger partial charge < -0.3 is 14.9 Å². The van der Waals surface area contributed by atoms with E-state index < -0.39 is 23.7 Å². The molecule has 6 nitrogen and oxygen atoms in total. The zero-order valence-electron chi connectivity index (χ0n) is 13.2. The summed E-state index contributed by atoms with van der Waals surface area (Å²) in [5, 5.41) is 9.30. The summed E-state index contributed by atoms with van der Waals surface area (Å²) in [7, 11) is 0. The van der Waals surface area contributed by atoms with Crippen LogP contribution in [-0.2, 0) is 9.59 Å². The predicted molar refractivity (Wildman–Crippen MR) is 84.3 cm³/mol. The molecule has 7 heteroatoms. The van der Waals surface area contributed by atoms with Gasteiger partial charge in [-0.25, -0.2) is 9.18 Å². The third kappa shape index (κ3) is 2.98. The Kier molecular flexibility index (Phi) is 4.51. The molecular formula is C17H19FN2O4. The second-order valence-electron chi connectivity index (χ2n) is 6.16. The SMILES string of the molecule is O=C(O)[C@H]1CCCCN1C(=O)c1cc(N2CCCC2=O)ccc1F. The molecule has 2 saturated heterocycles. The molecule has 0 aromatic heterocycles. The van der Waals surface area contributed by atoms with Crippen LogP contribution in [0.2, 0.25) is 0 Å². The summed E-state index contributed by atoms with van der Waals surface area (Å²) in [6, 6.07) is 3.06. The average molecular weight is 334 g/mol. The molecule has 2 heterocycles. The van der Waals surface area contributed by atoms with Gasteiger partial charge in [0.1, 0.15) is 11.9 Å². The Balaban J connectivity index is 1.91. The van der Waals surface area contributed by atoms with Gasteiger partial charge in [0.25, 0.3) is 5.91 Å². The summed E-state index contributed by atoms with van der Waals surface area (Å²) in [5.41, 5.74) is 0.298. The van der Waals surface area contributed by atoms with Gasteiger partial charge in [0.2, 0.25) is 5.91 Å². The molecule has 1 N–H and O–H groups in total. The van der Waals surface area contributed by atoms with E-state index in [9.17, 15) is 23.9 Å². The standard InChI is InChI=1S/C17H19FN2O4/c18-13-7-6-11(19-9-3-5-15(19)21)10-12(13)16(22)20-8-2-1-4-14(20)17(23)24/h6-7,10,14H,1-5,8-9H2,(H,23,24)/t14-/m1/s1.